The number of benzene rings is 1. The van der Waals surface area contributed by atoms with Crippen LogP contribution in [-0.2, 0) is 4.79 Å². The van der Waals surface area contributed by atoms with Crippen LogP contribution in [0.3, 0.4) is 0 Å². The number of thioether (sulfide) groups is 1. The molecule has 2 heterocycles. The first-order valence-corrected chi connectivity index (χ1v) is 8.97. The zero-order chi connectivity index (χ0) is 16.9. The molecule has 0 spiro atoms. The SMILES string of the molecule is O=C(NCCN1C(=O)S/C(=C\c2ccccc2)C1=O)c1cccs1. The van der Waals surface area contributed by atoms with Gasteiger partial charge in [0.1, 0.15) is 0 Å². The Labute approximate surface area is 147 Å². The van der Waals surface area contributed by atoms with Gasteiger partial charge in [-0.15, -0.1) is 11.3 Å². The lowest BCUT2D eigenvalue weighted by Gasteiger charge is -2.12. The van der Waals surface area contributed by atoms with Crippen LogP contribution in [0.2, 0.25) is 0 Å². The van der Waals surface area contributed by atoms with Gasteiger partial charge in [-0.25, -0.2) is 0 Å². The Kier molecular flexibility index (Phi) is 5.12. The number of amides is 3. The Morgan fingerprint density at radius 2 is 1.92 bits per heavy atom. The van der Waals surface area contributed by atoms with Crippen LogP contribution in [-0.4, -0.2) is 35.0 Å². The van der Waals surface area contributed by atoms with Crippen LogP contribution >= 0.6 is 23.1 Å². The maximum atomic E-state index is 12.3. The maximum absolute atomic E-state index is 12.3. The van der Waals surface area contributed by atoms with Gasteiger partial charge in [-0.05, 0) is 34.8 Å². The zero-order valence-corrected chi connectivity index (χ0v) is 14.2. The van der Waals surface area contributed by atoms with E-state index in [9.17, 15) is 14.4 Å². The van der Waals surface area contributed by atoms with E-state index in [1.807, 2.05) is 35.7 Å². The van der Waals surface area contributed by atoms with Crippen molar-refractivity contribution in [3.63, 3.8) is 0 Å². The number of rotatable bonds is 5. The van der Waals surface area contributed by atoms with Gasteiger partial charge in [-0.1, -0.05) is 36.4 Å². The molecule has 7 heteroatoms. The first kappa shape index (κ1) is 16.5. The van der Waals surface area contributed by atoms with Crippen molar-refractivity contribution >= 4 is 46.2 Å². The summed E-state index contributed by atoms with van der Waals surface area (Å²) in [6.45, 7) is 0.390. The Morgan fingerprint density at radius 1 is 1.12 bits per heavy atom. The van der Waals surface area contributed by atoms with E-state index in [1.54, 1.807) is 18.2 Å². The molecule has 5 nitrogen and oxygen atoms in total. The third-order valence-electron chi connectivity index (χ3n) is 3.34. The molecular formula is C17H14N2O3S2. The van der Waals surface area contributed by atoms with Crippen LogP contribution in [0.1, 0.15) is 15.2 Å². The number of carbonyl (C=O) groups is 3. The number of imide groups is 1. The van der Waals surface area contributed by atoms with Gasteiger partial charge in [0, 0.05) is 13.1 Å². The van der Waals surface area contributed by atoms with Crippen LogP contribution < -0.4 is 5.32 Å². The van der Waals surface area contributed by atoms with E-state index in [1.165, 1.54) is 11.3 Å². The molecule has 3 rings (SSSR count). The molecule has 0 saturated carbocycles. The number of hydrogen-bond acceptors (Lipinski definition) is 5. The van der Waals surface area contributed by atoms with Crippen molar-refractivity contribution in [2.45, 2.75) is 0 Å². The molecular weight excluding hydrogens is 344 g/mol. The number of hydrogen-bond donors (Lipinski definition) is 1. The fourth-order valence-corrected chi connectivity index (χ4v) is 3.67. The van der Waals surface area contributed by atoms with Crippen molar-refractivity contribution in [2.24, 2.45) is 0 Å². The quantitative estimate of drug-likeness (QED) is 0.834. The molecule has 122 valence electrons. The van der Waals surface area contributed by atoms with E-state index in [0.29, 0.717) is 9.78 Å². The highest BCUT2D eigenvalue weighted by atomic mass is 32.2. The van der Waals surface area contributed by atoms with E-state index >= 15 is 0 Å². The van der Waals surface area contributed by atoms with Crippen molar-refractivity contribution in [2.75, 3.05) is 13.1 Å². The molecule has 2 aromatic rings. The van der Waals surface area contributed by atoms with Crippen molar-refractivity contribution in [1.29, 1.82) is 0 Å². The topological polar surface area (TPSA) is 66.5 Å². The molecule has 1 aromatic heterocycles. The van der Waals surface area contributed by atoms with E-state index < -0.39 is 0 Å². The van der Waals surface area contributed by atoms with Crippen LogP contribution in [0.25, 0.3) is 6.08 Å². The van der Waals surface area contributed by atoms with Crippen molar-refractivity contribution in [3.05, 3.63) is 63.2 Å². The summed E-state index contributed by atoms with van der Waals surface area (Å²) in [6.07, 6.45) is 1.70. The van der Waals surface area contributed by atoms with Crippen LogP contribution in [0.4, 0.5) is 4.79 Å². The van der Waals surface area contributed by atoms with E-state index in [-0.39, 0.29) is 30.1 Å². The Balaban J connectivity index is 1.59. The lowest BCUT2D eigenvalue weighted by molar-refractivity contribution is -0.122. The molecule has 0 unspecified atom stereocenters. The van der Waals surface area contributed by atoms with Crippen molar-refractivity contribution in [1.82, 2.24) is 10.2 Å². The van der Waals surface area contributed by atoms with Gasteiger partial charge in [0.15, 0.2) is 0 Å². The summed E-state index contributed by atoms with van der Waals surface area (Å²) in [6, 6.07) is 12.9. The summed E-state index contributed by atoms with van der Waals surface area (Å²) in [7, 11) is 0. The zero-order valence-electron chi connectivity index (χ0n) is 12.6. The summed E-state index contributed by atoms with van der Waals surface area (Å²) in [5, 5.41) is 4.22. The predicted molar refractivity (Wildman–Crippen MR) is 95.8 cm³/mol. The third-order valence-corrected chi connectivity index (χ3v) is 5.11. The average molecular weight is 358 g/mol. The summed E-state index contributed by atoms with van der Waals surface area (Å²) < 4.78 is 0. The second-order valence-electron chi connectivity index (χ2n) is 4.98. The molecule has 1 aromatic carbocycles. The Morgan fingerprint density at radius 3 is 2.62 bits per heavy atom. The van der Waals surface area contributed by atoms with Crippen LogP contribution in [0.15, 0.2) is 52.7 Å². The first-order chi connectivity index (χ1) is 11.6. The summed E-state index contributed by atoms with van der Waals surface area (Å²) in [4.78, 5) is 38.3. The van der Waals surface area contributed by atoms with Crippen LogP contribution in [0.5, 0.6) is 0 Å². The van der Waals surface area contributed by atoms with E-state index in [2.05, 4.69) is 5.32 Å². The van der Waals surface area contributed by atoms with Gasteiger partial charge in [0.05, 0.1) is 9.78 Å². The number of nitrogens with one attached hydrogen (secondary N) is 1. The molecule has 0 bridgehead atoms. The fraction of sp³-hybridized carbons (Fsp3) is 0.118. The van der Waals surface area contributed by atoms with Crippen molar-refractivity contribution < 1.29 is 14.4 Å². The van der Waals surface area contributed by atoms with E-state index in [4.69, 9.17) is 0 Å². The maximum Gasteiger partial charge on any atom is 0.293 e. The number of thiophene rings is 1. The summed E-state index contributed by atoms with van der Waals surface area (Å²) >= 11 is 2.26. The molecule has 0 radical (unpaired) electrons. The lowest BCUT2D eigenvalue weighted by atomic mass is 10.2. The standard InChI is InChI=1S/C17H14N2O3S2/c20-15(13-7-4-10-23-13)18-8-9-19-16(21)14(24-17(19)22)11-12-5-2-1-3-6-12/h1-7,10-11H,8-9H2,(H,18,20)/b14-11-. The van der Waals surface area contributed by atoms with Gasteiger partial charge in [0.25, 0.3) is 17.1 Å². The second kappa shape index (κ2) is 7.46. The highest BCUT2D eigenvalue weighted by molar-refractivity contribution is 8.18. The molecule has 1 saturated heterocycles. The molecule has 1 aliphatic rings. The molecule has 3 amide bonds. The van der Waals surface area contributed by atoms with Gasteiger partial charge >= 0.3 is 0 Å². The van der Waals surface area contributed by atoms with Gasteiger partial charge in [-0.3, -0.25) is 19.3 Å². The molecule has 1 aliphatic heterocycles. The van der Waals surface area contributed by atoms with Gasteiger partial charge in [-0.2, -0.15) is 0 Å². The predicted octanol–water partition coefficient (Wildman–Crippen LogP) is 3.21. The molecule has 1 N–H and O–H groups in total. The Hall–Kier alpha value is -2.38. The second-order valence-corrected chi connectivity index (χ2v) is 6.92. The third kappa shape index (κ3) is 3.74. The minimum absolute atomic E-state index is 0.161. The normalized spacial score (nSPS) is 16.0. The number of nitrogens with zero attached hydrogens (tertiary/aromatic N) is 1. The molecule has 24 heavy (non-hydrogen) atoms. The van der Waals surface area contributed by atoms with Gasteiger partial charge in [0.2, 0.25) is 0 Å². The van der Waals surface area contributed by atoms with Gasteiger partial charge < -0.3 is 5.32 Å². The highest BCUT2D eigenvalue weighted by Crippen LogP contribution is 2.31. The lowest BCUT2D eigenvalue weighted by Crippen LogP contribution is -2.37. The Bertz CT molecular complexity index is 785. The minimum Gasteiger partial charge on any atom is -0.350 e. The minimum atomic E-state index is -0.320. The van der Waals surface area contributed by atoms with E-state index in [0.717, 1.165) is 22.2 Å². The van der Waals surface area contributed by atoms with Crippen LogP contribution in [0, 0.1) is 0 Å². The average Bonchev–Trinajstić information content (AvgIpc) is 3.20. The highest BCUT2D eigenvalue weighted by Gasteiger charge is 2.34. The first-order valence-electron chi connectivity index (χ1n) is 7.27. The smallest absolute Gasteiger partial charge is 0.293 e. The molecule has 0 atom stereocenters. The molecule has 0 aliphatic carbocycles. The van der Waals surface area contributed by atoms with Crippen molar-refractivity contribution in [3.8, 4) is 0 Å². The largest absolute Gasteiger partial charge is 0.350 e. The molecule has 1 fully saturated rings. The monoisotopic (exact) mass is 358 g/mol. The fourth-order valence-electron chi connectivity index (χ4n) is 2.17. The number of carbonyl (C=O) groups excluding carboxylic acids is 3. The summed E-state index contributed by atoms with van der Waals surface area (Å²) in [5.41, 5.74) is 0.869. The summed E-state index contributed by atoms with van der Waals surface area (Å²) in [5.74, 6) is -0.518.